The summed E-state index contributed by atoms with van der Waals surface area (Å²) in [5, 5.41) is 81.1. The Morgan fingerprint density at radius 3 is 2.19 bits per heavy atom. The molecule has 2 heterocycles. The van der Waals surface area contributed by atoms with E-state index in [4.69, 9.17) is 23.7 Å². The van der Waals surface area contributed by atoms with Crippen molar-refractivity contribution in [2.24, 2.45) is 46.3 Å². The minimum absolute atomic E-state index is 0.0130. The number of rotatable bonds is 14. The smallest absolute Gasteiger partial charge is 0.311 e. The van der Waals surface area contributed by atoms with Gasteiger partial charge in [0.25, 0.3) is 0 Å². The van der Waals surface area contributed by atoms with Crippen LogP contribution in [0, 0.1) is 46.3 Å². The summed E-state index contributed by atoms with van der Waals surface area (Å²) in [4.78, 5) is 71.4. The number of aliphatic hydroxyl groups excluding tert-OH is 4. The molecule has 21 atom stereocenters. The number of hydrogen-bond acceptors (Lipinski definition) is 20. The number of ether oxygens (including phenoxy) is 5. The van der Waals surface area contributed by atoms with Gasteiger partial charge in [-0.3, -0.25) is 28.9 Å². The van der Waals surface area contributed by atoms with Crippen LogP contribution in [-0.2, 0) is 47.7 Å². The third kappa shape index (κ3) is 12.8. The first-order valence-electron chi connectivity index (χ1n) is 27.9. The summed E-state index contributed by atoms with van der Waals surface area (Å²) in [5.74, 6) is -5.67. The maximum absolute atomic E-state index is 13.8. The number of allylic oxidation sites excluding steroid dienone is 4. The molecule has 5 fully saturated rings. The van der Waals surface area contributed by atoms with E-state index in [1.54, 1.807) is 40.0 Å². The van der Waals surface area contributed by atoms with Crippen LogP contribution in [-0.4, -0.2) is 219 Å². The normalized spacial score (nSPS) is 44.3. The molecule has 7 N–H and O–H groups in total. The number of likely N-dealkylation sites (N-methyl/N-ethyl adjacent to an activating group) is 3. The van der Waals surface area contributed by atoms with Gasteiger partial charge in [0.15, 0.2) is 24.8 Å². The van der Waals surface area contributed by atoms with E-state index < -0.39 is 125 Å². The molecular formula is C57H93N3O17. The lowest BCUT2D eigenvalue weighted by Crippen LogP contribution is -2.63. The fourth-order valence-electron chi connectivity index (χ4n) is 14.8. The molecule has 6 aliphatic rings. The third-order valence-corrected chi connectivity index (χ3v) is 19.5. The van der Waals surface area contributed by atoms with Crippen LogP contribution < -0.4 is 0 Å². The van der Waals surface area contributed by atoms with Crippen LogP contribution in [0.25, 0.3) is 0 Å². The summed E-state index contributed by atoms with van der Waals surface area (Å²) in [6.07, 6.45) is -0.208. The van der Waals surface area contributed by atoms with Crippen molar-refractivity contribution in [2.75, 3.05) is 61.1 Å². The summed E-state index contributed by atoms with van der Waals surface area (Å²) in [6, 6.07) is -1.40. The molecule has 2 aliphatic heterocycles. The summed E-state index contributed by atoms with van der Waals surface area (Å²) in [6.45, 7) is 14.6. The number of hydrogen-bond donors (Lipinski definition) is 7. The second-order valence-electron chi connectivity index (χ2n) is 25.3. The van der Waals surface area contributed by atoms with Gasteiger partial charge < -0.3 is 69.2 Å². The highest BCUT2D eigenvalue weighted by atomic mass is 16.7. The molecule has 0 amide bonds. The fraction of sp³-hybridized carbons (Fsp3) is 0.842. The molecule has 0 aromatic rings. The number of cyclic esters (lactones) is 1. The van der Waals surface area contributed by atoms with Gasteiger partial charge in [0, 0.05) is 47.8 Å². The highest BCUT2D eigenvalue weighted by Crippen LogP contribution is 2.67. The summed E-state index contributed by atoms with van der Waals surface area (Å²) in [7, 11) is 7.36. The number of carbonyl (C=O) groups excluding carboxylic acids is 5. The molecular weight excluding hydrogens is 999 g/mol. The van der Waals surface area contributed by atoms with E-state index in [1.165, 1.54) is 13.8 Å². The van der Waals surface area contributed by atoms with Crippen LogP contribution >= 0.6 is 0 Å². The van der Waals surface area contributed by atoms with Crippen molar-refractivity contribution in [2.45, 2.75) is 198 Å². The molecule has 20 heteroatoms. The Kier molecular flexibility index (Phi) is 20.0. The minimum atomic E-state index is -2.06. The highest BCUT2D eigenvalue weighted by molar-refractivity contribution is 6.01. The number of Topliss-reactive ketones (excluding diaryl/α,β-unsaturated/α-hetero) is 1. The Balaban J connectivity index is 1.04. The van der Waals surface area contributed by atoms with Gasteiger partial charge in [-0.1, -0.05) is 39.3 Å². The maximum Gasteiger partial charge on any atom is 0.311 e. The van der Waals surface area contributed by atoms with Crippen molar-refractivity contribution < 1.29 is 83.4 Å². The van der Waals surface area contributed by atoms with Gasteiger partial charge >= 0.3 is 17.9 Å². The fourth-order valence-corrected chi connectivity index (χ4v) is 14.8. The van der Waals surface area contributed by atoms with Crippen LogP contribution in [0.15, 0.2) is 23.8 Å². The number of carbonyl (C=O) groups is 5. The second kappa shape index (κ2) is 24.5. The lowest BCUT2D eigenvalue weighted by atomic mass is 9.46. The zero-order valence-electron chi connectivity index (χ0n) is 47.9. The molecule has 438 valence electrons. The average molecular weight is 1090 g/mol. The molecule has 77 heavy (non-hydrogen) atoms. The Morgan fingerprint density at radius 2 is 1.56 bits per heavy atom. The van der Waals surface area contributed by atoms with E-state index in [2.05, 4.69) is 6.92 Å². The molecule has 2 saturated heterocycles. The molecule has 0 bridgehead atoms. The zero-order chi connectivity index (χ0) is 57.5. The van der Waals surface area contributed by atoms with Crippen LogP contribution in [0.1, 0.15) is 120 Å². The van der Waals surface area contributed by atoms with Crippen molar-refractivity contribution >= 4 is 29.5 Å². The van der Waals surface area contributed by atoms with E-state index in [1.807, 2.05) is 62.7 Å². The first kappa shape index (κ1) is 62.9. The minimum Gasteiger partial charge on any atom is -0.464 e. The van der Waals surface area contributed by atoms with Gasteiger partial charge in [-0.15, -0.1) is 0 Å². The summed E-state index contributed by atoms with van der Waals surface area (Å²) >= 11 is 0. The number of aliphatic hydroxyl groups is 7. The SMILES string of the molecule is C[C@H]1CN(C)[C@H](C)[C@@H](O)[C@](C)(O)[C@@H](CO)OC(=O)[C@H](C)[C@@H](O)[C@H](C)[C@@H](O[C@@H]2O[C@H](C)C[C@H](N(C)CCOC(=O)CCC(=O)OCC(=O)[C@@]3(O)CC[C@H]4[C@@H]5CCC6=CC(=O)C=C[C@]6(C)[C@H]5[C@@H](O)C[C@@]43C)[C@H]2N(C)C)[C@](C)(O)C1. The zero-order valence-corrected chi connectivity index (χ0v) is 47.9. The van der Waals surface area contributed by atoms with Gasteiger partial charge in [-0.05, 0) is 138 Å². The van der Waals surface area contributed by atoms with E-state index in [9.17, 15) is 59.7 Å². The van der Waals surface area contributed by atoms with E-state index >= 15 is 0 Å². The molecule has 4 aliphatic carbocycles. The molecule has 0 aromatic heterocycles. The largest absolute Gasteiger partial charge is 0.464 e. The van der Waals surface area contributed by atoms with E-state index in [0.29, 0.717) is 25.8 Å². The molecule has 0 unspecified atom stereocenters. The molecule has 0 aromatic carbocycles. The van der Waals surface area contributed by atoms with Crippen molar-refractivity contribution in [1.82, 2.24) is 14.7 Å². The predicted molar refractivity (Wildman–Crippen MR) is 281 cm³/mol. The van der Waals surface area contributed by atoms with Gasteiger partial charge in [0.1, 0.15) is 23.9 Å². The van der Waals surface area contributed by atoms with Crippen LogP contribution in [0.4, 0.5) is 0 Å². The van der Waals surface area contributed by atoms with Crippen molar-refractivity contribution in [1.29, 1.82) is 0 Å². The Morgan fingerprint density at radius 1 is 0.909 bits per heavy atom. The number of nitrogens with zero attached hydrogens (tertiary/aromatic N) is 3. The van der Waals surface area contributed by atoms with Gasteiger partial charge in [-0.2, -0.15) is 0 Å². The summed E-state index contributed by atoms with van der Waals surface area (Å²) in [5.41, 5.74) is -5.96. The molecule has 6 rings (SSSR count). The van der Waals surface area contributed by atoms with Gasteiger partial charge in [-0.25, -0.2) is 0 Å². The van der Waals surface area contributed by atoms with Crippen LogP contribution in [0.3, 0.4) is 0 Å². The Labute approximate surface area is 455 Å². The lowest BCUT2D eigenvalue weighted by molar-refractivity contribution is -0.287. The van der Waals surface area contributed by atoms with Crippen molar-refractivity contribution in [3.63, 3.8) is 0 Å². The number of ketones is 2. The monoisotopic (exact) mass is 1090 g/mol. The van der Waals surface area contributed by atoms with E-state index in [-0.39, 0.29) is 86.9 Å². The molecule has 3 saturated carbocycles. The Bertz CT molecular complexity index is 2190. The standard InChI is InChI=1S/C57H93N3O17/c1-31-26-55(8,70)50(33(3)48(67)34(4)51(69)76-43(29-61)56(9,71)49(68)35(5)60(13)28-31)77-52-47(58(10)11)40(24-32(2)75-52)59(12)22-23-73-44(65)16-17-45(66)74-30-42(64)57(72)21-19-39-38-15-14-36-25-37(62)18-20-53(36,6)46(38)41(63)27-54(39,57)7/h18,20,25,31-35,38-41,43,46-50,52,61,63,67-68,70-72H,14-17,19,21-24,26-30H2,1-13H3/t31-,32-,33+,34-,35-,38+,39+,40+,41+,43-,46-,47-,48+,49-,50-,52+,53+,54+,55-,56-,57+/m1/s1. The lowest BCUT2D eigenvalue weighted by Gasteiger charge is -2.59. The first-order valence-corrected chi connectivity index (χ1v) is 27.9. The van der Waals surface area contributed by atoms with Gasteiger partial charge in [0.2, 0.25) is 5.78 Å². The number of esters is 3. The third-order valence-electron chi connectivity index (χ3n) is 19.5. The topological polar surface area (TPSA) is 283 Å². The highest BCUT2D eigenvalue weighted by Gasteiger charge is 2.68. The number of fused-ring (bicyclic) bond motifs is 5. The van der Waals surface area contributed by atoms with Crippen molar-refractivity contribution in [3.05, 3.63) is 23.8 Å². The van der Waals surface area contributed by atoms with Crippen LogP contribution in [0.5, 0.6) is 0 Å². The summed E-state index contributed by atoms with van der Waals surface area (Å²) < 4.78 is 29.9. The second-order valence-corrected chi connectivity index (χ2v) is 25.3. The first-order chi connectivity index (χ1) is 35.7. The van der Waals surface area contributed by atoms with E-state index in [0.717, 1.165) is 12.0 Å². The molecule has 20 nitrogen and oxygen atoms in total. The van der Waals surface area contributed by atoms with Crippen LogP contribution in [0.2, 0.25) is 0 Å². The average Bonchev–Trinajstić information content (AvgIpc) is 3.63. The predicted octanol–water partition coefficient (Wildman–Crippen LogP) is 1.94. The molecule has 0 radical (unpaired) electrons. The maximum atomic E-state index is 13.8. The van der Waals surface area contributed by atoms with Crippen molar-refractivity contribution in [3.8, 4) is 0 Å². The Hall–Kier alpha value is -3.25. The van der Waals surface area contributed by atoms with Gasteiger partial charge in [0.05, 0.1) is 61.4 Å². The quantitative estimate of drug-likeness (QED) is 0.0967. The molecule has 0 spiro atoms.